The van der Waals surface area contributed by atoms with E-state index in [2.05, 4.69) is 10.3 Å². The highest BCUT2D eigenvalue weighted by Crippen LogP contribution is 2.42. The van der Waals surface area contributed by atoms with Gasteiger partial charge in [-0.15, -0.1) is 0 Å². The van der Waals surface area contributed by atoms with Crippen molar-refractivity contribution in [2.75, 3.05) is 27.9 Å². The van der Waals surface area contributed by atoms with E-state index in [4.69, 9.17) is 14.2 Å². The third kappa shape index (κ3) is 3.80. The quantitative estimate of drug-likeness (QED) is 0.580. The van der Waals surface area contributed by atoms with Gasteiger partial charge < -0.3 is 24.5 Å². The second kappa shape index (κ2) is 8.49. The topological polar surface area (TPSA) is 72.6 Å². The molecule has 4 rings (SSSR count). The summed E-state index contributed by atoms with van der Waals surface area (Å²) in [4.78, 5) is 16.2. The summed E-state index contributed by atoms with van der Waals surface area (Å²) in [6.45, 7) is 0.490. The summed E-state index contributed by atoms with van der Waals surface area (Å²) in [6.07, 6.45) is 4.11. The largest absolute Gasteiger partial charge is 0.496 e. The lowest BCUT2D eigenvalue weighted by Crippen LogP contribution is -2.39. The third-order valence-corrected chi connectivity index (χ3v) is 6.29. The summed E-state index contributed by atoms with van der Waals surface area (Å²) >= 11 is 0. The molecule has 1 aromatic heterocycles. The van der Waals surface area contributed by atoms with E-state index in [0.717, 1.165) is 36.6 Å². The van der Waals surface area contributed by atoms with Gasteiger partial charge in [0.15, 0.2) is 11.5 Å². The van der Waals surface area contributed by atoms with Crippen molar-refractivity contribution < 1.29 is 23.4 Å². The first-order chi connectivity index (χ1) is 15.0. The van der Waals surface area contributed by atoms with Crippen LogP contribution in [0.4, 0.5) is 4.39 Å². The molecule has 0 unspecified atom stereocenters. The fourth-order valence-corrected chi connectivity index (χ4v) is 4.63. The van der Waals surface area contributed by atoms with Crippen molar-refractivity contribution in [3.05, 3.63) is 53.5 Å². The van der Waals surface area contributed by atoms with Gasteiger partial charge in [0.05, 0.1) is 26.8 Å². The number of aromatic nitrogens is 1. The van der Waals surface area contributed by atoms with Crippen LogP contribution in [0.25, 0.3) is 10.9 Å². The van der Waals surface area contributed by atoms with E-state index < -0.39 is 0 Å². The Morgan fingerprint density at radius 2 is 1.71 bits per heavy atom. The normalized spacial score (nSPS) is 15.1. The van der Waals surface area contributed by atoms with E-state index in [-0.39, 0.29) is 17.1 Å². The molecule has 164 valence electrons. The lowest BCUT2D eigenvalue weighted by molar-refractivity contribution is 0.0939. The predicted molar refractivity (Wildman–Crippen MR) is 117 cm³/mol. The van der Waals surface area contributed by atoms with Gasteiger partial charge in [-0.1, -0.05) is 25.0 Å². The van der Waals surface area contributed by atoms with Crippen LogP contribution in [0.1, 0.15) is 41.7 Å². The fraction of sp³-hybridized carbons (Fsp3) is 0.375. The zero-order chi connectivity index (χ0) is 22.0. The van der Waals surface area contributed by atoms with E-state index in [1.165, 1.54) is 12.1 Å². The molecule has 6 nitrogen and oxygen atoms in total. The van der Waals surface area contributed by atoms with E-state index >= 15 is 0 Å². The van der Waals surface area contributed by atoms with Crippen LogP contribution in [0.2, 0.25) is 0 Å². The maximum atomic E-state index is 13.4. The molecule has 31 heavy (non-hydrogen) atoms. The summed E-state index contributed by atoms with van der Waals surface area (Å²) in [7, 11) is 4.67. The highest BCUT2D eigenvalue weighted by molar-refractivity contribution is 6.02. The molecular weight excluding hydrogens is 399 g/mol. The number of hydrogen-bond donors (Lipinski definition) is 2. The Bertz CT molecular complexity index is 1090. The molecule has 0 radical (unpaired) electrons. The zero-order valence-corrected chi connectivity index (χ0v) is 18.0. The Morgan fingerprint density at radius 1 is 1.03 bits per heavy atom. The number of halogens is 1. The highest BCUT2D eigenvalue weighted by atomic mass is 19.1. The van der Waals surface area contributed by atoms with Crippen molar-refractivity contribution in [1.29, 1.82) is 0 Å². The minimum Gasteiger partial charge on any atom is -0.496 e. The van der Waals surface area contributed by atoms with Gasteiger partial charge in [0.1, 0.15) is 17.3 Å². The Hall–Kier alpha value is -3.22. The number of methoxy groups -OCH3 is 3. The molecule has 1 heterocycles. The zero-order valence-electron chi connectivity index (χ0n) is 18.0. The molecule has 0 bridgehead atoms. The molecule has 1 saturated carbocycles. The second-order valence-electron chi connectivity index (χ2n) is 7.96. The number of amides is 1. The molecule has 3 aromatic rings. The van der Waals surface area contributed by atoms with E-state index in [9.17, 15) is 9.18 Å². The molecule has 2 aromatic carbocycles. The van der Waals surface area contributed by atoms with Gasteiger partial charge in [0.25, 0.3) is 5.91 Å². The first-order valence-corrected chi connectivity index (χ1v) is 10.4. The SMILES string of the molecule is COc1cc(OC)c2cc(C(=O)NCC3(c4ccc(F)cc4)CCCC3)[nH]c2c1OC. The van der Waals surface area contributed by atoms with Gasteiger partial charge in [0.2, 0.25) is 0 Å². The fourth-order valence-electron chi connectivity index (χ4n) is 4.63. The number of H-pyrrole nitrogens is 1. The molecular formula is C24H27FN2O4. The van der Waals surface area contributed by atoms with Crippen LogP contribution in [0, 0.1) is 5.82 Å². The standard InChI is InChI=1S/C24H27FN2O4/c1-29-19-13-20(30-2)22(31-3)21-17(19)12-18(27-21)23(28)26-14-24(10-4-5-11-24)15-6-8-16(25)9-7-15/h6-9,12-13,27H,4-5,10-11,14H2,1-3H3,(H,26,28). The van der Waals surface area contributed by atoms with E-state index in [1.54, 1.807) is 33.5 Å². The molecule has 1 amide bonds. The third-order valence-electron chi connectivity index (χ3n) is 6.29. The average molecular weight is 426 g/mol. The Kier molecular flexibility index (Phi) is 5.76. The maximum Gasteiger partial charge on any atom is 0.267 e. The lowest BCUT2D eigenvalue weighted by atomic mass is 9.79. The molecule has 2 N–H and O–H groups in total. The van der Waals surface area contributed by atoms with Crippen molar-refractivity contribution in [3.8, 4) is 17.2 Å². The molecule has 0 atom stereocenters. The molecule has 0 spiro atoms. The number of benzene rings is 2. The second-order valence-corrected chi connectivity index (χ2v) is 7.96. The van der Waals surface area contributed by atoms with E-state index in [1.807, 2.05) is 12.1 Å². The lowest BCUT2D eigenvalue weighted by Gasteiger charge is -2.30. The maximum absolute atomic E-state index is 13.4. The number of rotatable bonds is 7. The summed E-state index contributed by atoms with van der Waals surface area (Å²) < 4.78 is 29.8. The van der Waals surface area contributed by atoms with Crippen molar-refractivity contribution in [2.45, 2.75) is 31.1 Å². The van der Waals surface area contributed by atoms with Gasteiger partial charge in [-0.2, -0.15) is 0 Å². The van der Waals surface area contributed by atoms with Gasteiger partial charge in [-0.3, -0.25) is 4.79 Å². The van der Waals surface area contributed by atoms with Crippen molar-refractivity contribution in [1.82, 2.24) is 10.3 Å². The first-order valence-electron chi connectivity index (χ1n) is 10.4. The summed E-state index contributed by atoms with van der Waals surface area (Å²) in [5.74, 6) is 1.14. The summed E-state index contributed by atoms with van der Waals surface area (Å²) in [5.41, 5.74) is 1.94. The number of fused-ring (bicyclic) bond motifs is 1. The Morgan fingerprint density at radius 3 is 2.32 bits per heavy atom. The summed E-state index contributed by atoms with van der Waals surface area (Å²) in [6, 6.07) is 10.1. The number of carbonyl (C=O) groups excluding carboxylic acids is 1. The van der Waals surface area contributed by atoms with Crippen LogP contribution in [0.5, 0.6) is 17.2 Å². The Labute approximate surface area is 180 Å². The number of aromatic amines is 1. The predicted octanol–water partition coefficient (Wildman–Crippen LogP) is 4.57. The molecule has 0 aliphatic heterocycles. The summed E-state index contributed by atoms with van der Waals surface area (Å²) in [5, 5.41) is 3.82. The monoisotopic (exact) mass is 426 g/mol. The van der Waals surface area contributed by atoms with Gasteiger partial charge in [-0.25, -0.2) is 4.39 Å². The van der Waals surface area contributed by atoms with E-state index in [0.29, 0.717) is 35.0 Å². The van der Waals surface area contributed by atoms with Crippen molar-refractivity contribution in [2.24, 2.45) is 0 Å². The number of carbonyl (C=O) groups is 1. The van der Waals surface area contributed by atoms with Crippen LogP contribution < -0.4 is 19.5 Å². The smallest absolute Gasteiger partial charge is 0.267 e. The molecule has 7 heteroatoms. The molecule has 1 aliphatic rings. The van der Waals surface area contributed by atoms with Crippen molar-refractivity contribution >= 4 is 16.8 Å². The van der Waals surface area contributed by atoms with Crippen LogP contribution in [-0.4, -0.2) is 38.8 Å². The number of ether oxygens (including phenoxy) is 3. The first kappa shape index (κ1) is 21.0. The number of hydrogen-bond acceptors (Lipinski definition) is 4. The van der Waals surface area contributed by atoms with Crippen LogP contribution in [0.3, 0.4) is 0 Å². The minimum absolute atomic E-state index is 0.173. The minimum atomic E-state index is -0.252. The molecule has 1 fully saturated rings. The van der Waals surface area contributed by atoms with Crippen LogP contribution >= 0.6 is 0 Å². The number of nitrogens with one attached hydrogen (secondary N) is 2. The Balaban J connectivity index is 1.61. The van der Waals surface area contributed by atoms with Gasteiger partial charge in [0, 0.05) is 23.4 Å². The van der Waals surface area contributed by atoms with Crippen molar-refractivity contribution in [3.63, 3.8) is 0 Å². The molecule has 1 aliphatic carbocycles. The average Bonchev–Trinajstić information content (AvgIpc) is 3.45. The molecule has 0 saturated heterocycles. The van der Waals surface area contributed by atoms with Crippen LogP contribution in [-0.2, 0) is 5.41 Å². The van der Waals surface area contributed by atoms with Gasteiger partial charge >= 0.3 is 0 Å². The van der Waals surface area contributed by atoms with Crippen LogP contribution in [0.15, 0.2) is 36.4 Å². The highest BCUT2D eigenvalue weighted by Gasteiger charge is 2.36. The van der Waals surface area contributed by atoms with Gasteiger partial charge in [-0.05, 0) is 36.6 Å².